The third kappa shape index (κ3) is 2.94. The summed E-state index contributed by atoms with van der Waals surface area (Å²) in [6.45, 7) is -0.310. The monoisotopic (exact) mass is 268 g/mol. The first-order valence-electron chi connectivity index (χ1n) is 5.86. The van der Waals surface area contributed by atoms with Gasteiger partial charge in [-0.3, -0.25) is 10.1 Å². The summed E-state index contributed by atoms with van der Waals surface area (Å²) in [4.78, 5) is 10.2. The van der Waals surface area contributed by atoms with E-state index in [0.29, 0.717) is 22.4 Å². The maximum Gasteiger partial charge on any atom is 0.269 e. The van der Waals surface area contributed by atoms with Crippen LogP contribution in [0.5, 0.6) is 0 Å². The molecule has 2 aromatic carbocycles. The molecule has 0 aromatic heterocycles. The molecule has 0 unspecified atom stereocenters. The summed E-state index contributed by atoms with van der Waals surface area (Å²) >= 11 is 0. The lowest BCUT2D eigenvalue weighted by molar-refractivity contribution is -0.384. The highest BCUT2D eigenvalue weighted by atomic mass is 16.6. The summed E-state index contributed by atoms with van der Waals surface area (Å²) in [6.07, 6.45) is 0. The standard InChI is InChI=1S/C15H12N2O3/c16-15-4-2-1-3-12(15)6-5-11-7-8-14(17(19)20)9-13(11)10-18/h1-4,7-9,18H,10,16H2. The van der Waals surface area contributed by atoms with Crippen molar-refractivity contribution in [2.24, 2.45) is 0 Å². The number of nitrogens with two attached hydrogens (primary N) is 1. The van der Waals surface area contributed by atoms with Crippen LogP contribution in [-0.4, -0.2) is 10.0 Å². The van der Waals surface area contributed by atoms with E-state index in [1.54, 1.807) is 12.1 Å². The van der Waals surface area contributed by atoms with E-state index in [1.165, 1.54) is 18.2 Å². The molecule has 0 spiro atoms. The fourth-order valence-electron chi connectivity index (χ4n) is 1.69. The van der Waals surface area contributed by atoms with Crippen LogP contribution in [0.25, 0.3) is 0 Å². The molecule has 100 valence electrons. The number of benzene rings is 2. The Kier molecular flexibility index (Phi) is 3.99. The predicted octanol–water partition coefficient (Wildman–Crippen LogP) is 2.07. The van der Waals surface area contributed by atoms with Crippen molar-refractivity contribution in [2.45, 2.75) is 6.61 Å². The largest absolute Gasteiger partial charge is 0.398 e. The number of nitrogen functional groups attached to an aromatic ring is 1. The lowest BCUT2D eigenvalue weighted by Gasteiger charge is -2.01. The van der Waals surface area contributed by atoms with Gasteiger partial charge in [-0.2, -0.15) is 0 Å². The van der Waals surface area contributed by atoms with Gasteiger partial charge in [0.2, 0.25) is 0 Å². The number of para-hydroxylation sites is 1. The molecule has 0 heterocycles. The zero-order valence-corrected chi connectivity index (χ0v) is 10.5. The maximum absolute atomic E-state index is 10.7. The first kappa shape index (κ1) is 13.6. The van der Waals surface area contributed by atoms with Crippen molar-refractivity contribution in [3.05, 3.63) is 69.3 Å². The lowest BCUT2D eigenvalue weighted by atomic mass is 10.1. The molecule has 0 radical (unpaired) electrons. The van der Waals surface area contributed by atoms with E-state index < -0.39 is 4.92 Å². The minimum atomic E-state index is -0.508. The highest BCUT2D eigenvalue weighted by Gasteiger charge is 2.08. The molecule has 2 rings (SSSR count). The van der Waals surface area contributed by atoms with Crippen LogP contribution in [0.1, 0.15) is 16.7 Å². The Labute approximate surface area is 115 Å². The zero-order chi connectivity index (χ0) is 14.5. The van der Waals surface area contributed by atoms with Crippen LogP contribution in [0.3, 0.4) is 0 Å². The molecular weight excluding hydrogens is 256 g/mol. The minimum absolute atomic E-state index is 0.0705. The molecule has 0 aliphatic carbocycles. The first-order chi connectivity index (χ1) is 9.61. The van der Waals surface area contributed by atoms with Gasteiger partial charge in [-0.05, 0) is 23.8 Å². The molecule has 3 N–H and O–H groups in total. The number of hydrogen-bond donors (Lipinski definition) is 2. The summed E-state index contributed by atoms with van der Waals surface area (Å²) in [5.74, 6) is 5.77. The Morgan fingerprint density at radius 3 is 2.50 bits per heavy atom. The number of nitro benzene ring substituents is 1. The van der Waals surface area contributed by atoms with Gasteiger partial charge in [-0.1, -0.05) is 24.0 Å². The van der Waals surface area contributed by atoms with Crippen LogP contribution in [0.2, 0.25) is 0 Å². The predicted molar refractivity (Wildman–Crippen MR) is 75.9 cm³/mol. The molecule has 0 aliphatic heterocycles. The van der Waals surface area contributed by atoms with Crippen molar-refractivity contribution in [3.8, 4) is 11.8 Å². The van der Waals surface area contributed by atoms with Crippen molar-refractivity contribution >= 4 is 11.4 Å². The van der Waals surface area contributed by atoms with Gasteiger partial charge in [-0.25, -0.2) is 0 Å². The third-order valence-corrected chi connectivity index (χ3v) is 2.76. The highest BCUT2D eigenvalue weighted by Crippen LogP contribution is 2.18. The van der Waals surface area contributed by atoms with Crippen molar-refractivity contribution in [1.82, 2.24) is 0 Å². The zero-order valence-electron chi connectivity index (χ0n) is 10.5. The van der Waals surface area contributed by atoms with Crippen LogP contribution < -0.4 is 5.73 Å². The molecular formula is C15H12N2O3. The fourth-order valence-corrected chi connectivity index (χ4v) is 1.69. The summed E-state index contributed by atoms with van der Waals surface area (Å²) in [5.41, 5.74) is 7.91. The minimum Gasteiger partial charge on any atom is -0.398 e. The van der Waals surface area contributed by atoms with Gasteiger partial charge >= 0.3 is 0 Å². The summed E-state index contributed by atoms with van der Waals surface area (Å²) in [5, 5.41) is 19.9. The molecule has 0 saturated carbocycles. The second kappa shape index (κ2) is 5.87. The van der Waals surface area contributed by atoms with E-state index in [1.807, 2.05) is 12.1 Å². The van der Waals surface area contributed by atoms with Gasteiger partial charge in [0.1, 0.15) is 0 Å². The second-order valence-corrected chi connectivity index (χ2v) is 4.09. The van der Waals surface area contributed by atoms with Crippen molar-refractivity contribution < 1.29 is 10.0 Å². The van der Waals surface area contributed by atoms with Gasteiger partial charge < -0.3 is 10.8 Å². The molecule has 5 heteroatoms. The number of aliphatic hydroxyl groups is 1. The normalized spacial score (nSPS) is 9.65. The van der Waals surface area contributed by atoms with E-state index in [-0.39, 0.29) is 12.3 Å². The van der Waals surface area contributed by atoms with Gasteiger partial charge in [0.05, 0.1) is 11.5 Å². The highest BCUT2D eigenvalue weighted by molar-refractivity contribution is 5.58. The quantitative estimate of drug-likeness (QED) is 0.377. The van der Waals surface area contributed by atoms with E-state index in [0.717, 1.165) is 0 Å². The Balaban J connectivity index is 2.40. The fraction of sp³-hybridized carbons (Fsp3) is 0.0667. The third-order valence-electron chi connectivity index (χ3n) is 2.76. The summed E-state index contributed by atoms with van der Waals surface area (Å²) in [6, 6.07) is 11.4. The number of hydrogen-bond acceptors (Lipinski definition) is 4. The van der Waals surface area contributed by atoms with Crippen LogP contribution in [0.15, 0.2) is 42.5 Å². The number of anilines is 1. The van der Waals surface area contributed by atoms with Gasteiger partial charge in [0.25, 0.3) is 5.69 Å². The van der Waals surface area contributed by atoms with Crippen molar-refractivity contribution in [1.29, 1.82) is 0 Å². The number of nitro groups is 1. The van der Waals surface area contributed by atoms with E-state index in [4.69, 9.17) is 5.73 Å². The number of rotatable bonds is 2. The second-order valence-electron chi connectivity index (χ2n) is 4.09. The van der Waals surface area contributed by atoms with Crippen molar-refractivity contribution in [3.63, 3.8) is 0 Å². The number of aliphatic hydroxyl groups excluding tert-OH is 1. The van der Waals surface area contributed by atoms with E-state index in [2.05, 4.69) is 11.8 Å². The average Bonchev–Trinajstić information content (AvgIpc) is 2.46. The van der Waals surface area contributed by atoms with Crippen LogP contribution >= 0.6 is 0 Å². The van der Waals surface area contributed by atoms with Crippen LogP contribution in [0.4, 0.5) is 11.4 Å². The Bertz CT molecular complexity index is 715. The van der Waals surface area contributed by atoms with E-state index >= 15 is 0 Å². The van der Waals surface area contributed by atoms with Gasteiger partial charge in [0, 0.05) is 28.9 Å². The SMILES string of the molecule is Nc1ccccc1C#Cc1ccc([N+](=O)[O-])cc1CO. The molecule has 0 aliphatic rings. The Morgan fingerprint density at radius 2 is 1.85 bits per heavy atom. The summed E-state index contributed by atoms with van der Waals surface area (Å²) in [7, 11) is 0. The lowest BCUT2D eigenvalue weighted by Crippen LogP contribution is -1.94. The number of nitrogens with zero attached hydrogens (tertiary/aromatic N) is 1. The van der Waals surface area contributed by atoms with Crippen molar-refractivity contribution in [2.75, 3.05) is 5.73 Å². The number of non-ortho nitro benzene ring substituents is 1. The molecule has 5 nitrogen and oxygen atoms in total. The average molecular weight is 268 g/mol. The Morgan fingerprint density at radius 1 is 1.15 bits per heavy atom. The molecule has 0 amide bonds. The van der Waals surface area contributed by atoms with Gasteiger partial charge in [0.15, 0.2) is 0 Å². The molecule has 0 atom stereocenters. The smallest absolute Gasteiger partial charge is 0.269 e. The van der Waals surface area contributed by atoms with Crippen LogP contribution in [-0.2, 0) is 6.61 Å². The molecule has 0 saturated heterocycles. The Hall–Kier alpha value is -2.84. The van der Waals surface area contributed by atoms with Gasteiger partial charge in [-0.15, -0.1) is 0 Å². The molecule has 0 fully saturated rings. The van der Waals surface area contributed by atoms with Crippen LogP contribution in [0, 0.1) is 22.0 Å². The topological polar surface area (TPSA) is 89.4 Å². The maximum atomic E-state index is 10.7. The molecule has 0 bridgehead atoms. The van der Waals surface area contributed by atoms with E-state index in [9.17, 15) is 15.2 Å². The molecule has 2 aromatic rings. The molecule has 20 heavy (non-hydrogen) atoms. The first-order valence-corrected chi connectivity index (χ1v) is 5.86. The summed E-state index contributed by atoms with van der Waals surface area (Å²) < 4.78 is 0.